The van der Waals surface area contributed by atoms with Gasteiger partial charge in [-0.2, -0.15) is 0 Å². The van der Waals surface area contributed by atoms with Crippen molar-refractivity contribution in [3.05, 3.63) is 36.5 Å². The van der Waals surface area contributed by atoms with Crippen molar-refractivity contribution in [1.82, 2.24) is 4.98 Å². The number of nitrogen functional groups attached to an aromatic ring is 1. The minimum atomic E-state index is 0.732. The zero-order valence-corrected chi connectivity index (χ0v) is 5.91. The summed E-state index contributed by atoms with van der Waals surface area (Å²) in [4.78, 5) is 4.04. The molecule has 1 radical (unpaired) electrons. The van der Waals surface area contributed by atoms with Gasteiger partial charge >= 0.3 is 0 Å². The van der Waals surface area contributed by atoms with Crippen molar-refractivity contribution < 1.29 is 0 Å². The molecule has 0 spiro atoms. The second kappa shape index (κ2) is 2.23. The van der Waals surface area contributed by atoms with Gasteiger partial charge in [-0.05, 0) is 12.1 Å². The highest BCUT2D eigenvalue weighted by molar-refractivity contribution is 5.89. The second-order valence-corrected chi connectivity index (χ2v) is 2.36. The van der Waals surface area contributed by atoms with Crippen molar-refractivity contribution in [1.29, 1.82) is 0 Å². The number of pyridine rings is 1. The summed E-state index contributed by atoms with van der Waals surface area (Å²) in [6.45, 7) is 0. The summed E-state index contributed by atoms with van der Waals surface area (Å²) in [5, 5.41) is 0.992. The summed E-state index contributed by atoms with van der Waals surface area (Å²) < 4.78 is 0. The van der Waals surface area contributed by atoms with Crippen LogP contribution in [-0.2, 0) is 0 Å². The molecule has 1 aromatic heterocycles. The van der Waals surface area contributed by atoms with Gasteiger partial charge < -0.3 is 5.73 Å². The SMILES string of the molecule is Nc1c[c]nc2ccccc12. The Balaban J connectivity index is 2.91. The first-order chi connectivity index (χ1) is 5.38. The summed E-state index contributed by atoms with van der Waals surface area (Å²) >= 11 is 0. The summed E-state index contributed by atoms with van der Waals surface area (Å²) in [5.74, 6) is 0. The molecule has 2 nitrogen and oxygen atoms in total. The molecule has 1 heterocycles. The van der Waals surface area contributed by atoms with Gasteiger partial charge in [0, 0.05) is 11.1 Å². The zero-order valence-electron chi connectivity index (χ0n) is 5.91. The summed E-state index contributed by atoms with van der Waals surface area (Å²) in [6.07, 6.45) is 2.73. The molecule has 2 rings (SSSR count). The van der Waals surface area contributed by atoms with E-state index in [0.29, 0.717) is 0 Å². The molecule has 0 unspecified atom stereocenters. The summed E-state index contributed by atoms with van der Waals surface area (Å²) in [6, 6.07) is 9.43. The number of nitrogens with two attached hydrogens (primary N) is 1. The fraction of sp³-hybridized carbons (Fsp3) is 0. The molecule has 0 aliphatic rings. The Kier molecular flexibility index (Phi) is 1.25. The lowest BCUT2D eigenvalue weighted by Gasteiger charge is -1.97. The molecule has 11 heavy (non-hydrogen) atoms. The fourth-order valence-electron chi connectivity index (χ4n) is 1.06. The number of nitrogens with zero attached hydrogens (tertiary/aromatic N) is 1. The Bertz CT molecular complexity index is 377. The topological polar surface area (TPSA) is 38.9 Å². The van der Waals surface area contributed by atoms with Gasteiger partial charge in [0.05, 0.1) is 11.7 Å². The zero-order chi connectivity index (χ0) is 7.68. The number of hydrogen-bond acceptors (Lipinski definition) is 2. The molecular weight excluding hydrogens is 136 g/mol. The number of aromatic nitrogens is 1. The van der Waals surface area contributed by atoms with Crippen molar-refractivity contribution in [3.63, 3.8) is 0 Å². The van der Waals surface area contributed by atoms with Crippen molar-refractivity contribution in [2.45, 2.75) is 0 Å². The molecule has 2 aromatic rings. The molecule has 0 fully saturated rings. The van der Waals surface area contributed by atoms with E-state index in [1.807, 2.05) is 24.3 Å². The lowest BCUT2D eigenvalue weighted by Crippen LogP contribution is -1.87. The van der Waals surface area contributed by atoms with Crippen LogP contribution in [0.4, 0.5) is 5.69 Å². The molecule has 1 aromatic carbocycles. The quantitative estimate of drug-likeness (QED) is 0.608. The van der Waals surface area contributed by atoms with Crippen LogP contribution in [0, 0.1) is 6.20 Å². The van der Waals surface area contributed by atoms with Crippen LogP contribution in [-0.4, -0.2) is 4.98 Å². The molecule has 0 saturated carbocycles. The molecule has 2 heteroatoms. The number of rotatable bonds is 0. The lowest BCUT2D eigenvalue weighted by atomic mass is 10.2. The van der Waals surface area contributed by atoms with Gasteiger partial charge in [0.1, 0.15) is 0 Å². The van der Waals surface area contributed by atoms with Gasteiger partial charge in [-0.25, -0.2) is 4.98 Å². The van der Waals surface area contributed by atoms with Crippen molar-refractivity contribution in [2.75, 3.05) is 5.73 Å². The maximum absolute atomic E-state index is 5.68. The molecule has 53 valence electrons. The maximum Gasteiger partial charge on any atom is 0.0915 e. The van der Waals surface area contributed by atoms with E-state index in [1.165, 1.54) is 0 Å². The largest absolute Gasteiger partial charge is 0.398 e. The van der Waals surface area contributed by atoms with E-state index in [-0.39, 0.29) is 0 Å². The number of anilines is 1. The Hall–Kier alpha value is -1.57. The molecule has 0 atom stereocenters. The van der Waals surface area contributed by atoms with E-state index in [1.54, 1.807) is 6.07 Å². The predicted molar refractivity (Wildman–Crippen MR) is 45.0 cm³/mol. The Labute approximate surface area is 64.7 Å². The normalized spacial score (nSPS) is 10.2. The smallest absolute Gasteiger partial charge is 0.0915 e. The van der Waals surface area contributed by atoms with Crippen molar-refractivity contribution in [3.8, 4) is 0 Å². The second-order valence-electron chi connectivity index (χ2n) is 2.36. The minimum Gasteiger partial charge on any atom is -0.398 e. The third kappa shape index (κ3) is 0.923. The highest BCUT2D eigenvalue weighted by Gasteiger charge is 1.94. The van der Waals surface area contributed by atoms with Crippen LogP contribution in [0.5, 0.6) is 0 Å². The van der Waals surface area contributed by atoms with Crippen LogP contribution in [0.25, 0.3) is 10.9 Å². The monoisotopic (exact) mass is 143 g/mol. The van der Waals surface area contributed by atoms with Crippen LogP contribution < -0.4 is 5.73 Å². The van der Waals surface area contributed by atoms with Crippen LogP contribution in [0.2, 0.25) is 0 Å². The first-order valence-electron chi connectivity index (χ1n) is 3.39. The average molecular weight is 143 g/mol. The first kappa shape index (κ1) is 6.16. The third-order valence-electron chi connectivity index (χ3n) is 1.62. The fourth-order valence-corrected chi connectivity index (χ4v) is 1.06. The minimum absolute atomic E-state index is 0.732. The molecular formula is C9H7N2. The third-order valence-corrected chi connectivity index (χ3v) is 1.62. The Morgan fingerprint density at radius 3 is 2.91 bits per heavy atom. The summed E-state index contributed by atoms with van der Waals surface area (Å²) in [5.41, 5.74) is 7.31. The average Bonchev–Trinajstić information content (AvgIpc) is 2.06. The highest BCUT2D eigenvalue weighted by atomic mass is 14.7. The number of para-hydroxylation sites is 1. The maximum atomic E-state index is 5.68. The molecule has 0 aliphatic heterocycles. The highest BCUT2D eigenvalue weighted by Crippen LogP contribution is 2.16. The van der Waals surface area contributed by atoms with Crippen LogP contribution >= 0.6 is 0 Å². The van der Waals surface area contributed by atoms with Gasteiger partial charge in [-0.15, -0.1) is 0 Å². The van der Waals surface area contributed by atoms with Gasteiger partial charge in [-0.3, -0.25) is 0 Å². The Morgan fingerprint density at radius 1 is 1.27 bits per heavy atom. The van der Waals surface area contributed by atoms with E-state index >= 15 is 0 Å². The molecule has 0 aliphatic carbocycles. The first-order valence-corrected chi connectivity index (χ1v) is 3.39. The van der Waals surface area contributed by atoms with E-state index in [4.69, 9.17) is 5.73 Å². The number of fused-ring (bicyclic) bond motifs is 1. The summed E-state index contributed by atoms with van der Waals surface area (Å²) in [7, 11) is 0. The number of hydrogen-bond donors (Lipinski definition) is 1. The predicted octanol–water partition coefficient (Wildman–Crippen LogP) is 1.62. The van der Waals surface area contributed by atoms with Gasteiger partial charge in [0.2, 0.25) is 0 Å². The van der Waals surface area contributed by atoms with Crippen molar-refractivity contribution >= 4 is 16.6 Å². The van der Waals surface area contributed by atoms with Gasteiger partial charge in [0.15, 0.2) is 0 Å². The molecule has 2 N–H and O–H groups in total. The van der Waals surface area contributed by atoms with E-state index < -0.39 is 0 Å². The standard InChI is InChI=1S/C9H7N2/c10-8-5-6-11-9-4-2-1-3-7(8)9/h1-5H,(H2,10,11). The molecule has 0 bridgehead atoms. The van der Waals surface area contributed by atoms with E-state index in [9.17, 15) is 0 Å². The lowest BCUT2D eigenvalue weighted by molar-refractivity contribution is 1.39. The van der Waals surface area contributed by atoms with Gasteiger partial charge in [0.25, 0.3) is 0 Å². The van der Waals surface area contributed by atoms with Gasteiger partial charge in [-0.1, -0.05) is 18.2 Å². The molecule has 0 saturated heterocycles. The number of benzene rings is 1. The van der Waals surface area contributed by atoms with E-state index in [2.05, 4.69) is 11.2 Å². The molecule has 0 amide bonds. The van der Waals surface area contributed by atoms with Crippen LogP contribution in [0.1, 0.15) is 0 Å². The van der Waals surface area contributed by atoms with Crippen molar-refractivity contribution in [2.24, 2.45) is 0 Å². The van der Waals surface area contributed by atoms with E-state index in [0.717, 1.165) is 16.6 Å². The Morgan fingerprint density at radius 2 is 2.09 bits per heavy atom. The van der Waals surface area contributed by atoms with Crippen LogP contribution in [0.15, 0.2) is 30.3 Å². The van der Waals surface area contributed by atoms with Crippen LogP contribution in [0.3, 0.4) is 0 Å².